The fourth-order valence-corrected chi connectivity index (χ4v) is 0.568. The lowest BCUT2D eigenvalue weighted by Crippen LogP contribution is -2.07. The van der Waals surface area contributed by atoms with Crippen molar-refractivity contribution in [1.82, 2.24) is 10.2 Å². The van der Waals surface area contributed by atoms with Crippen molar-refractivity contribution in [2.75, 3.05) is 6.54 Å². The van der Waals surface area contributed by atoms with Gasteiger partial charge in [-0.1, -0.05) is 0 Å². The normalized spacial score (nSPS) is 13.6. The third kappa shape index (κ3) is 1.26. The lowest BCUT2D eigenvalue weighted by atomic mass is 10.3. The number of hydrogen-bond donors (Lipinski definition) is 2. The van der Waals surface area contributed by atoms with Gasteiger partial charge >= 0.3 is 0 Å². The van der Waals surface area contributed by atoms with Gasteiger partial charge in [0.25, 0.3) is 0 Å². The number of nitrogens with two attached hydrogens (primary N) is 1. The van der Waals surface area contributed by atoms with Crippen molar-refractivity contribution in [3.05, 3.63) is 18.0 Å². The van der Waals surface area contributed by atoms with E-state index in [1.54, 1.807) is 6.07 Å². The molecule has 0 amide bonds. The van der Waals surface area contributed by atoms with Gasteiger partial charge in [0.2, 0.25) is 0 Å². The predicted octanol–water partition coefficient (Wildman–Crippen LogP) is 0.379. The Balaban J connectivity index is 2.65. The number of halogens is 1. The second kappa shape index (κ2) is 2.59. The Morgan fingerprint density at radius 3 is 3.11 bits per heavy atom. The zero-order valence-corrected chi connectivity index (χ0v) is 4.84. The number of rotatable bonds is 2. The third-order valence-electron chi connectivity index (χ3n) is 1.07. The molecule has 0 aliphatic carbocycles. The Hall–Kier alpha value is -0.900. The number of aromatic nitrogens is 2. The Morgan fingerprint density at radius 2 is 2.67 bits per heavy atom. The topological polar surface area (TPSA) is 54.7 Å². The summed E-state index contributed by atoms with van der Waals surface area (Å²) in [5.74, 6) is 0. The molecule has 1 aromatic rings. The number of nitrogens with zero attached hydrogens (tertiary/aromatic N) is 1. The average molecular weight is 129 g/mol. The van der Waals surface area contributed by atoms with Crippen molar-refractivity contribution in [2.24, 2.45) is 5.73 Å². The molecule has 4 heteroatoms. The van der Waals surface area contributed by atoms with Crippen molar-refractivity contribution < 1.29 is 4.39 Å². The smallest absolute Gasteiger partial charge is 0.153 e. The fourth-order valence-electron chi connectivity index (χ4n) is 0.568. The Kier molecular flexibility index (Phi) is 1.79. The van der Waals surface area contributed by atoms with Gasteiger partial charge in [0.1, 0.15) is 0 Å². The molecule has 0 fully saturated rings. The second-order valence-electron chi connectivity index (χ2n) is 1.72. The molecule has 3 N–H and O–H groups in total. The summed E-state index contributed by atoms with van der Waals surface area (Å²) >= 11 is 0. The van der Waals surface area contributed by atoms with Crippen LogP contribution in [-0.4, -0.2) is 16.7 Å². The molecule has 0 aromatic carbocycles. The van der Waals surface area contributed by atoms with E-state index >= 15 is 0 Å². The zero-order valence-electron chi connectivity index (χ0n) is 4.84. The first-order valence-electron chi connectivity index (χ1n) is 2.68. The van der Waals surface area contributed by atoms with E-state index in [1.807, 2.05) is 0 Å². The van der Waals surface area contributed by atoms with E-state index in [-0.39, 0.29) is 6.54 Å². The summed E-state index contributed by atoms with van der Waals surface area (Å²) in [6.07, 6.45) is 0.393. The summed E-state index contributed by atoms with van der Waals surface area (Å²) in [4.78, 5) is 0. The highest BCUT2D eigenvalue weighted by molar-refractivity contribution is 5.01. The van der Waals surface area contributed by atoms with Crippen LogP contribution in [0.1, 0.15) is 11.9 Å². The summed E-state index contributed by atoms with van der Waals surface area (Å²) in [5.41, 5.74) is 5.48. The van der Waals surface area contributed by atoms with E-state index in [1.165, 1.54) is 6.20 Å². The molecule has 1 heterocycles. The fraction of sp³-hybridized carbons (Fsp3) is 0.400. The number of alkyl halides is 1. The number of H-pyrrole nitrogens is 1. The first kappa shape index (κ1) is 6.22. The highest BCUT2D eigenvalue weighted by Crippen LogP contribution is 2.10. The van der Waals surface area contributed by atoms with Gasteiger partial charge in [0.05, 0.1) is 5.69 Å². The highest BCUT2D eigenvalue weighted by Gasteiger charge is 2.06. The van der Waals surface area contributed by atoms with Crippen LogP contribution < -0.4 is 5.73 Å². The molecule has 50 valence electrons. The lowest BCUT2D eigenvalue weighted by Gasteiger charge is -1.97. The number of aromatic amines is 1. The second-order valence-corrected chi connectivity index (χ2v) is 1.72. The SMILES string of the molecule is NCC(F)c1ccn[nH]1. The summed E-state index contributed by atoms with van der Waals surface area (Å²) in [6, 6.07) is 1.57. The zero-order chi connectivity index (χ0) is 6.69. The molecular weight excluding hydrogens is 121 g/mol. The average Bonchev–Trinajstić information content (AvgIpc) is 2.37. The van der Waals surface area contributed by atoms with Crippen LogP contribution in [0.2, 0.25) is 0 Å². The van der Waals surface area contributed by atoms with Crippen LogP contribution in [0, 0.1) is 0 Å². The molecule has 0 bridgehead atoms. The van der Waals surface area contributed by atoms with Gasteiger partial charge < -0.3 is 5.73 Å². The monoisotopic (exact) mass is 129 g/mol. The Labute approximate surface area is 52.1 Å². The summed E-state index contributed by atoms with van der Waals surface area (Å²) < 4.78 is 12.5. The molecule has 0 saturated heterocycles. The molecule has 3 nitrogen and oxygen atoms in total. The van der Waals surface area contributed by atoms with Crippen LogP contribution in [-0.2, 0) is 0 Å². The van der Waals surface area contributed by atoms with E-state index in [9.17, 15) is 4.39 Å². The minimum atomic E-state index is -1.10. The first-order chi connectivity index (χ1) is 4.34. The van der Waals surface area contributed by atoms with Gasteiger partial charge in [-0.15, -0.1) is 0 Å². The van der Waals surface area contributed by atoms with Crippen LogP contribution in [0.4, 0.5) is 4.39 Å². The number of nitrogens with one attached hydrogen (secondary N) is 1. The van der Waals surface area contributed by atoms with Gasteiger partial charge in [0.15, 0.2) is 6.17 Å². The van der Waals surface area contributed by atoms with Crippen molar-refractivity contribution >= 4 is 0 Å². The van der Waals surface area contributed by atoms with Gasteiger partial charge in [-0.05, 0) is 6.07 Å². The maximum absolute atomic E-state index is 12.5. The largest absolute Gasteiger partial charge is 0.327 e. The molecule has 0 aliphatic heterocycles. The molecule has 9 heavy (non-hydrogen) atoms. The quantitative estimate of drug-likeness (QED) is 0.606. The van der Waals surface area contributed by atoms with Crippen LogP contribution in [0.5, 0.6) is 0 Å². The van der Waals surface area contributed by atoms with Crippen LogP contribution in [0.3, 0.4) is 0 Å². The molecule has 1 atom stereocenters. The molecular formula is C5H8FN3. The maximum atomic E-state index is 12.5. The third-order valence-corrected chi connectivity index (χ3v) is 1.07. The molecule has 0 aliphatic rings. The highest BCUT2D eigenvalue weighted by atomic mass is 19.1. The van der Waals surface area contributed by atoms with Crippen molar-refractivity contribution in [1.29, 1.82) is 0 Å². The van der Waals surface area contributed by atoms with Gasteiger partial charge in [-0.2, -0.15) is 5.10 Å². The van der Waals surface area contributed by atoms with Gasteiger partial charge in [0, 0.05) is 12.7 Å². The van der Waals surface area contributed by atoms with Crippen molar-refractivity contribution in [3.63, 3.8) is 0 Å². The van der Waals surface area contributed by atoms with E-state index in [0.717, 1.165) is 0 Å². The van der Waals surface area contributed by atoms with E-state index in [0.29, 0.717) is 5.69 Å². The summed E-state index contributed by atoms with van der Waals surface area (Å²) in [7, 11) is 0. The van der Waals surface area contributed by atoms with E-state index in [4.69, 9.17) is 5.73 Å². The minimum Gasteiger partial charge on any atom is -0.327 e. The molecule has 0 radical (unpaired) electrons. The minimum absolute atomic E-state index is 0.00218. The van der Waals surface area contributed by atoms with Gasteiger partial charge in [-0.25, -0.2) is 4.39 Å². The Morgan fingerprint density at radius 1 is 1.89 bits per heavy atom. The van der Waals surface area contributed by atoms with Gasteiger partial charge in [-0.3, -0.25) is 5.10 Å². The standard InChI is InChI=1S/C5H8FN3/c6-4(3-7)5-1-2-8-9-5/h1-2,4H,3,7H2,(H,8,9). The molecule has 1 unspecified atom stereocenters. The molecule has 0 spiro atoms. The predicted molar refractivity (Wildman–Crippen MR) is 31.5 cm³/mol. The number of hydrogen-bond acceptors (Lipinski definition) is 2. The first-order valence-corrected chi connectivity index (χ1v) is 2.68. The maximum Gasteiger partial charge on any atom is 0.153 e. The van der Waals surface area contributed by atoms with Crippen LogP contribution >= 0.6 is 0 Å². The van der Waals surface area contributed by atoms with Crippen molar-refractivity contribution in [2.45, 2.75) is 6.17 Å². The molecule has 1 aromatic heterocycles. The van der Waals surface area contributed by atoms with Crippen molar-refractivity contribution in [3.8, 4) is 0 Å². The summed E-state index contributed by atoms with van der Waals surface area (Å²) in [5, 5.41) is 6.05. The van der Waals surface area contributed by atoms with Crippen LogP contribution in [0.25, 0.3) is 0 Å². The van der Waals surface area contributed by atoms with E-state index in [2.05, 4.69) is 10.2 Å². The lowest BCUT2D eigenvalue weighted by molar-refractivity contribution is 0.344. The Bertz CT molecular complexity index is 161. The summed E-state index contributed by atoms with van der Waals surface area (Å²) in [6.45, 7) is 0.00218. The van der Waals surface area contributed by atoms with E-state index < -0.39 is 6.17 Å². The molecule has 0 saturated carbocycles. The molecule has 1 rings (SSSR count). The van der Waals surface area contributed by atoms with Crippen LogP contribution in [0.15, 0.2) is 12.3 Å².